The lowest BCUT2D eigenvalue weighted by atomic mass is 9.99. The Kier molecular flexibility index (Phi) is 64.0. The monoisotopic (exact) mass is 1340 g/mol. The summed E-state index contributed by atoms with van der Waals surface area (Å²) in [6.07, 6.45) is 52.6. The normalized spacial score (nSPS) is 14.3. The number of aliphatic hydroxyl groups excluding tert-OH is 1. The highest BCUT2D eigenvalue weighted by atomic mass is 31.2. The van der Waals surface area contributed by atoms with Gasteiger partial charge in [0.2, 0.25) is 0 Å². The first-order valence-corrected chi connectivity index (χ1v) is 40.7. The van der Waals surface area contributed by atoms with Gasteiger partial charge < -0.3 is 33.8 Å². The summed E-state index contributed by atoms with van der Waals surface area (Å²) in [5.41, 5.74) is 0. The lowest BCUT2D eigenvalue weighted by Gasteiger charge is -2.21. The molecule has 0 rings (SSSR count). The minimum atomic E-state index is -4.95. The van der Waals surface area contributed by atoms with Gasteiger partial charge in [0.25, 0.3) is 0 Å². The average Bonchev–Trinajstić information content (AvgIpc) is 3.52. The summed E-state index contributed by atoms with van der Waals surface area (Å²) in [4.78, 5) is 72.6. The molecule has 0 aromatic carbocycles. The number of carbonyl (C=O) groups is 4. The Morgan fingerprint density at radius 2 is 0.527 bits per heavy atom. The summed E-state index contributed by atoms with van der Waals surface area (Å²) < 4.78 is 68.4. The Bertz CT molecular complexity index is 1760. The van der Waals surface area contributed by atoms with Gasteiger partial charge in [0.05, 0.1) is 26.4 Å². The van der Waals surface area contributed by atoms with Gasteiger partial charge in [0.1, 0.15) is 19.3 Å². The van der Waals surface area contributed by atoms with E-state index >= 15 is 0 Å². The smallest absolute Gasteiger partial charge is 0.462 e. The van der Waals surface area contributed by atoms with Gasteiger partial charge in [-0.3, -0.25) is 37.3 Å². The van der Waals surface area contributed by atoms with Crippen molar-refractivity contribution in [2.24, 2.45) is 5.92 Å². The highest BCUT2D eigenvalue weighted by Gasteiger charge is 2.30. The van der Waals surface area contributed by atoms with Crippen LogP contribution in [0.2, 0.25) is 0 Å². The standard InChI is InChI=1S/C72H140O17P2/c1-6-10-13-16-19-22-24-26-28-29-31-33-36-42-47-52-57-71(76)88-67(62-83-70(75)56-51-46-41-35-32-30-27-25-23-20-17-14-11-7-2)63-86-90(78,79)84-59-66(73)60-85-91(80,81)87-64-68(61-82-69(74)55-50-45-40-34-21-18-15-12-8-3)89-72(77)58-53-48-43-38-37-39-44-49-54-65(5)9-4/h65-68,73H,6-64H2,1-5H3,(H,78,79)(H,80,81)/t65?,66-,67-,68-/m1/s1. The zero-order valence-corrected chi connectivity index (χ0v) is 60.8. The van der Waals surface area contributed by atoms with Crippen LogP contribution in [0.5, 0.6) is 0 Å². The van der Waals surface area contributed by atoms with Crippen molar-refractivity contribution >= 4 is 39.5 Å². The Morgan fingerprint density at radius 1 is 0.308 bits per heavy atom. The Morgan fingerprint density at radius 3 is 0.780 bits per heavy atom. The van der Waals surface area contributed by atoms with E-state index in [1.165, 1.54) is 199 Å². The van der Waals surface area contributed by atoms with E-state index in [0.29, 0.717) is 25.7 Å². The van der Waals surface area contributed by atoms with Gasteiger partial charge in [0.15, 0.2) is 12.2 Å². The number of phosphoric ester groups is 2. The molecular weight excluding hydrogens is 1200 g/mol. The average molecular weight is 1340 g/mol. The predicted octanol–water partition coefficient (Wildman–Crippen LogP) is 20.9. The summed E-state index contributed by atoms with van der Waals surface area (Å²) in [6.45, 7) is 7.25. The first-order chi connectivity index (χ1) is 44.1. The molecule has 17 nitrogen and oxygen atoms in total. The summed E-state index contributed by atoms with van der Waals surface area (Å²) in [7, 11) is -9.90. The number of rotatable bonds is 72. The van der Waals surface area contributed by atoms with Crippen LogP contribution in [0.4, 0.5) is 0 Å². The first kappa shape index (κ1) is 89.1. The summed E-state index contributed by atoms with van der Waals surface area (Å²) >= 11 is 0. The van der Waals surface area contributed by atoms with E-state index in [9.17, 15) is 43.2 Å². The van der Waals surface area contributed by atoms with Crippen molar-refractivity contribution in [2.45, 2.75) is 393 Å². The molecule has 19 heteroatoms. The fourth-order valence-corrected chi connectivity index (χ4v) is 12.5. The van der Waals surface area contributed by atoms with Crippen LogP contribution in [0.15, 0.2) is 0 Å². The van der Waals surface area contributed by atoms with Crippen molar-refractivity contribution in [3.63, 3.8) is 0 Å². The second-order valence-electron chi connectivity index (χ2n) is 26.2. The van der Waals surface area contributed by atoms with E-state index in [1.54, 1.807) is 0 Å². The van der Waals surface area contributed by atoms with E-state index in [2.05, 4.69) is 34.6 Å². The van der Waals surface area contributed by atoms with E-state index in [1.807, 2.05) is 0 Å². The molecule has 0 aliphatic carbocycles. The Balaban J connectivity index is 5.24. The maximum Gasteiger partial charge on any atom is 0.472 e. The Hall–Kier alpha value is -1.94. The quantitative estimate of drug-likeness (QED) is 0.0222. The molecule has 0 aromatic rings. The number of ether oxygens (including phenoxy) is 4. The molecule has 91 heavy (non-hydrogen) atoms. The molecule has 0 radical (unpaired) electrons. The molecule has 0 aliphatic heterocycles. The number of carbonyl (C=O) groups excluding carboxylic acids is 4. The molecule has 0 fully saturated rings. The van der Waals surface area contributed by atoms with Crippen molar-refractivity contribution in [2.75, 3.05) is 39.6 Å². The van der Waals surface area contributed by atoms with Crippen LogP contribution in [0.3, 0.4) is 0 Å². The maximum atomic E-state index is 13.0. The van der Waals surface area contributed by atoms with Gasteiger partial charge in [-0.1, -0.05) is 324 Å². The molecule has 6 atom stereocenters. The molecule has 0 heterocycles. The molecule has 540 valence electrons. The maximum absolute atomic E-state index is 13.0. The number of unbranched alkanes of at least 4 members (excludes halogenated alkanes) is 43. The van der Waals surface area contributed by atoms with Gasteiger partial charge in [0, 0.05) is 25.7 Å². The minimum Gasteiger partial charge on any atom is -0.462 e. The molecule has 0 bridgehead atoms. The molecule has 0 saturated heterocycles. The molecule has 3 unspecified atom stereocenters. The first-order valence-electron chi connectivity index (χ1n) is 37.7. The van der Waals surface area contributed by atoms with Gasteiger partial charge in [-0.05, 0) is 31.6 Å². The van der Waals surface area contributed by atoms with Crippen molar-refractivity contribution in [3.05, 3.63) is 0 Å². The number of aliphatic hydroxyl groups is 1. The second-order valence-corrected chi connectivity index (χ2v) is 29.1. The van der Waals surface area contributed by atoms with Crippen LogP contribution in [0.1, 0.15) is 375 Å². The van der Waals surface area contributed by atoms with Crippen molar-refractivity contribution in [1.29, 1.82) is 0 Å². The molecule has 0 amide bonds. The summed E-state index contributed by atoms with van der Waals surface area (Å²) in [6, 6.07) is 0. The minimum absolute atomic E-state index is 0.105. The fraction of sp³-hybridized carbons (Fsp3) is 0.944. The number of hydrogen-bond donors (Lipinski definition) is 3. The Labute approximate surface area is 556 Å². The van der Waals surface area contributed by atoms with E-state index < -0.39 is 97.5 Å². The van der Waals surface area contributed by atoms with Gasteiger partial charge in [-0.15, -0.1) is 0 Å². The largest absolute Gasteiger partial charge is 0.472 e. The highest BCUT2D eigenvalue weighted by molar-refractivity contribution is 7.47. The van der Waals surface area contributed by atoms with E-state index in [0.717, 1.165) is 95.8 Å². The topological polar surface area (TPSA) is 237 Å². The third-order valence-corrected chi connectivity index (χ3v) is 19.0. The fourth-order valence-electron chi connectivity index (χ4n) is 11.0. The number of hydrogen-bond acceptors (Lipinski definition) is 15. The van der Waals surface area contributed by atoms with Crippen LogP contribution in [0, 0.1) is 5.92 Å². The molecule has 0 saturated carbocycles. The molecule has 3 N–H and O–H groups in total. The second kappa shape index (κ2) is 65.4. The van der Waals surface area contributed by atoms with E-state index in [-0.39, 0.29) is 25.7 Å². The van der Waals surface area contributed by atoms with Crippen molar-refractivity contribution in [3.8, 4) is 0 Å². The van der Waals surface area contributed by atoms with Gasteiger partial charge in [-0.2, -0.15) is 0 Å². The van der Waals surface area contributed by atoms with Crippen LogP contribution >= 0.6 is 15.6 Å². The lowest BCUT2D eigenvalue weighted by molar-refractivity contribution is -0.161. The molecule has 0 aliphatic rings. The zero-order chi connectivity index (χ0) is 67.0. The van der Waals surface area contributed by atoms with E-state index in [4.69, 9.17) is 37.0 Å². The van der Waals surface area contributed by atoms with Gasteiger partial charge >= 0.3 is 39.5 Å². The van der Waals surface area contributed by atoms with Gasteiger partial charge in [-0.25, -0.2) is 9.13 Å². The van der Waals surface area contributed by atoms with Crippen LogP contribution < -0.4 is 0 Å². The summed E-state index contributed by atoms with van der Waals surface area (Å²) in [5.74, 6) is -1.35. The third kappa shape index (κ3) is 65.1. The van der Waals surface area contributed by atoms with Crippen LogP contribution in [-0.4, -0.2) is 96.7 Å². The molecule has 0 aromatic heterocycles. The predicted molar refractivity (Wildman–Crippen MR) is 368 cm³/mol. The van der Waals surface area contributed by atoms with Crippen molar-refractivity contribution < 1.29 is 80.2 Å². The van der Waals surface area contributed by atoms with Crippen LogP contribution in [-0.2, 0) is 65.4 Å². The SMILES string of the molecule is CCCCCCCCCCCCCCCCCCC(=O)O[C@H](COC(=O)CCCCCCCCCCCCCCCC)COP(=O)(O)OC[C@@H](O)COP(=O)(O)OC[C@@H](COC(=O)CCCCCCCCCCC)OC(=O)CCCCCCCCCCC(C)CC. The number of phosphoric acid groups is 2. The molecular formula is C72H140O17P2. The zero-order valence-electron chi connectivity index (χ0n) is 59.0. The third-order valence-electron chi connectivity index (χ3n) is 17.1. The van der Waals surface area contributed by atoms with Crippen LogP contribution in [0.25, 0.3) is 0 Å². The van der Waals surface area contributed by atoms with Crippen molar-refractivity contribution in [1.82, 2.24) is 0 Å². The number of esters is 4. The lowest BCUT2D eigenvalue weighted by Crippen LogP contribution is -2.30. The molecule has 0 spiro atoms. The summed E-state index contributed by atoms with van der Waals surface area (Å²) in [5, 5.41) is 10.6. The highest BCUT2D eigenvalue weighted by Crippen LogP contribution is 2.45.